The monoisotopic (exact) mass is 266 g/mol. The minimum Gasteiger partial charge on any atom is -0.489 e. The van der Waals surface area contributed by atoms with Gasteiger partial charge in [0.2, 0.25) is 0 Å². The smallest absolute Gasteiger partial charge is 0.150 e. The van der Waals surface area contributed by atoms with Gasteiger partial charge in [-0.3, -0.25) is 4.79 Å². The Hall–Kier alpha value is -2.09. The molecule has 102 valence electrons. The number of fused-ring (bicyclic) bond motifs is 1. The Kier molecular flexibility index (Phi) is 3.82. The van der Waals surface area contributed by atoms with Crippen molar-refractivity contribution in [1.29, 1.82) is 0 Å². The van der Waals surface area contributed by atoms with E-state index in [0.717, 1.165) is 42.4 Å². The van der Waals surface area contributed by atoms with Crippen molar-refractivity contribution in [2.45, 2.75) is 32.3 Å². The molecule has 2 aromatic rings. The first-order valence-corrected chi connectivity index (χ1v) is 7.15. The third-order valence-electron chi connectivity index (χ3n) is 3.89. The minimum atomic E-state index is 0.577. The van der Waals surface area contributed by atoms with E-state index in [0.29, 0.717) is 6.61 Å². The number of carbonyl (C=O) groups excluding carboxylic acids is 1. The predicted molar refractivity (Wildman–Crippen MR) is 79.2 cm³/mol. The van der Waals surface area contributed by atoms with Crippen molar-refractivity contribution in [3.05, 3.63) is 64.7 Å². The Morgan fingerprint density at radius 1 is 0.950 bits per heavy atom. The number of ether oxygens (including phenoxy) is 1. The molecule has 0 radical (unpaired) electrons. The Morgan fingerprint density at radius 2 is 1.70 bits per heavy atom. The van der Waals surface area contributed by atoms with Crippen molar-refractivity contribution in [3.63, 3.8) is 0 Å². The second kappa shape index (κ2) is 5.91. The summed E-state index contributed by atoms with van der Waals surface area (Å²) in [4.78, 5) is 11.1. The summed E-state index contributed by atoms with van der Waals surface area (Å²) in [7, 11) is 0. The highest BCUT2D eigenvalue weighted by Gasteiger charge is 2.17. The normalized spacial score (nSPS) is 13.6. The molecule has 0 unspecified atom stereocenters. The van der Waals surface area contributed by atoms with Crippen LogP contribution in [0.2, 0.25) is 0 Å². The van der Waals surface area contributed by atoms with Gasteiger partial charge < -0.3 is 4.74 Å². The van der Waals surface area contributed by atoms with E-state index >= 15 is 0 Å². The number of benzene rings is 2. The third-order valence-corrected chi connectivity index (χ3v) is 3.89. The topological polar surface area (TPSA) is 26.3 Å². The van der Waals surface area contributed by atoms with Gasteiger partial charge in [-0.2, -0.15) is 0 Å². The van der Waals surface area contributed by atoms with Crippen LogP contribution in [0, 0.1) is 0 Å². The van der Waals surface area contributed by atoms with Gasteiger partial charge in [-0.15, -0.1) is 0 Å². The molecular weight excluding hydrogens is 248 g/mol. The molecule has 0 saturated carbocycles. The Labute approximate surface area is 119 Å². The van der Waals surface area contributed by atoms with E-state index < -0.39 is 0 Å². The second-order valence-corrected chi connectivity index (χ2v) is 5.21. The van der Waals surface area contributed by atoms with Gasteiger partial charge in [-0.25, -0.2) is 0 Å². The number of carbonyl (C=O) groups is 1. The number of aldehydes is 1. The lowest BCUT2D eigenvalue weighted by molar-refractivity contribution is 0.112. The van der Waals surface area contributed by atoms with Crippen LogP contribution in [0.4, 0.5) is 0 Å². The van der Waals surface area contributed by atoms with Crippen molar-refractivity contribution in [1.82, 2.24) is 0 Å². The van der Waals surface area contributed by atoms with Crippen LogP contribution >= 0.6 is 0 Å². The highest BCUT2D eigenvalue weighted by Crippen LogP contribution is 2.32. The summed E-state index contributed by atoms with van der Waals surface area (Å²) in [6.45, 7) is 0.577. The highest BCUT2D eigenvalue weighted by atomic mass is 16.5. The van der Waals surface area contributed by atoms with E-state index in [9.17, 15) is 4.79 Å². The molecule has 3 rings (SSSR count). The molecule has 0 bridgehead atoms. The SMILES string of the molecule is O=Cc1ccc(OCc2ccccc2)c2c1CCCC2. The summed E-state index contributed by atoms with van der Waals surface area (Å²) >= 11 is 0. The van der Waals surface area contributed by atoms with Crippen LogP contribution in [0.1, 0.15) is 39.9 Å². The fourth-order valence-electron chi connectivity index (χ4n) is 2.84. The predicted octanol–water partition coefficient (Wildman–Crippen LogP) is 3.96. The van der Waals surface area contributed by atoms with Gasteiger partial charge in [0.1, 0.15) is 18.6 Å². The zero-order valence-electron chi connectivity index (χ0n) is 11.5. The first-order chi connectivity index (χ1) is 9.88. The van der Waals surface area contributed by atoms with E-state index in [1.54, 1.807) is 0 Å². The lowest BCUT2D eigenvalue weighted by Gasteiger charge is -2.21. The maximum atomic E-state index is 11.1. The Morgan fingerprint density at radius 3 is 2.45 bits per heavy atom. The summed E-state index contributed by atoms with van der Waals surface area (Å²) in [6.07, 6.45) is 5.31. The molecule has 0 atom stereocenters. The van der Waals surface area contributed by atoms with Crippen molar-refractivity contribution < 1.29 is 9.53 Å². The van der Waals surface area contributed by atoms with E-state index in [-0.39, 0.29) is 0 Å². The van der Waals surface area contributed by atoms with Crippen LogP contribution in [0.25, 0.3) is 0 Å². The van der Waals surface area contributed by atoms with Gasteiger partial charge in [0, 0.05) is 5.56 Å². The van der Waals surface area contributed by atoms with Gasteiger partial charge in [0.05, 0.1) is 0 Å². The summed E-state index contributed by atoms with van der Waals surface area (Å²) in [5.74, 6) is 0.939. The van der Waals surface area contributed by atoms with E-state index in [1.165, 1.54) is 17.5 Å². The summed E-state index contributed by atoms with van der Waals surface area (Å²) in [6, 6.07) is 14.0. The van der Waals surface area contributed by atoms with Gasteiger partial charge in [-0.1, -0.05) is 30.3 Å². The lowest BCUT2D eigenvalue weighted by atomic mass is 9.88. The average molecular weight is 266 g/mol. The van der Waals surface area contributed by atoms with Crippen molar-refractivity contribution in [2.75, 3.05) is 0 Å². The molecule has 0 spiro atoms. The number of rotatable bonds is 4. The van der Waals surface area contributed by atoms with E-state index in [4.69, 9.17) is 4.74 Å². The van der Waals surface area contributed by atoms with Gasteiger partial charge in [0.25, 0.3) is 0 Å². The Balaban J connectivity index is 1.85. The molecule has 20 heavy (non-hydrogen) atoms. The largest absolute Gasteiger partial charge is 0.489 e. The van der Waals surface area contributed by atoms with Gasteiger partial charge in [0.15, 0.2) is 0 Å². The fourth-order valence-corrected chi connectivity index (χ4v) is 2.84. The van der Waals surface area contributed by atoms with E-state index in [1.807, 2.05) is 30.3 Å². The fraction of sp³-hybridized carbons (Fsp3) is 0.278. The quantitative estimate of drug-likeness (QED) is 0.783. The molecule has 0 fully saturated rings. The summed E-state index contributed by atoms with van der Waals surface area (Å²) in [5.41, 5.74) is 4.41. The molecule has 2 nitrogen and oxygen atoms in total. The number of hydrogen-bond donors (Lipinski definition) is 0. The molecule has 0 aliphatic heterocycles. The standard InChI is InChI=1S/C18H18O2/c19-12-15-10-11-18(17-9-5-4-8-16(15)17)20-13-14-6-2-1-3-7-14/h1-3,6-7,10-12H,4-5,8-9,13H2. The van der Waals surface area contributed by atoms with E-state index in [2.05, 4.69) is 12.1 Å². The molecule has 2 aromatic carbocycles. The van der Waals surface area contributed by atoms with Crippen molar-refractivity contribution in [2.24, 2.45) is 0 Å². The number of hydrogen-bond acceptors (Lipinski definition) is 2. The molecular formula is C18H18O2. The van der Waals surface area contributed by atoms with Crippen LogP contribution in [0.5, 0.6) is 5.75 Å². The van der Waals surface area contributed by atoms with Crippen LogP contribution in [-0.2, 0) is 19.4 Å². The molecule has 0 saturated heterocycles. The average Bonchev–Trinajstić information content (AvgIpc) is 2.53. The molecule has 2 heteroatoms. The molecule has 0 aromatic heterocycles. The second-order valence-electron chi connectivity index (χ2n) is 5.21. The molecule has 0 N–H and O–H groups in total. The van der Waals surface area contributed by atoms with Gasteiger partial charge >= 0.3 is 0 Å². The first kappa shape index (κ1) is 12.9. The Bertz CT molecular complexity index is 602. The summed E-state index contributed by atoms with van der Waals surface area (Å²) in [5, 5.41) is 0. The summed E-state index contributed by atoms with van der Waals surface area (Å²) < 4.78 is 5.97. The highest BCUT2D eigenvalue weighted by molar-refractivity contribution is 5.79. The molecule has 1 aliphatic rings. The van der Waals surface area contributed by atoms with Gasteiger partial charge in [-0.05, 0) is 54.5 Å². The molecule has 0 amide bonds. The van der Waals surface area contributed by atoms with Crippen LogP contribution in [0.15, 0.2) is 42.5 Å². The zero-order valence-corrected chi connectivity index (χ0v) is 11.5. The molecule has 1 aliphatic carbocycles. The maximum absolute atomic E-state index is 11.1. The van der Waals surface area contributed by atoms with Crippen molar-refractivity contribution >= 4 is 6.29 Å². The minimum absolute atomic E-state index is 0.577. The maximum Gasteiger partial charge on any atom is 0.150 e. The van der Waals surface area contributed by atoms with Crippen molar-refractivity contribution in [3.8, 4) is 5.75 Å². The first-order valence-electron chi connectivity index (χ1n) is 7.15. The third kappa shape index (κ3) is 2.60. The van der Waals surface area contributed by atoms with Crippen LogP contribution in [-0.4, -0.2) is 6.29 Å². The van der Waals surface area contributed by atoms with Crippen LogP contribution in [0.3, 0.4) is 0 Å². The van der Waals surface area contributed by atoms with Crippen LogP contribution < -0.4 is 4.74 Å². The molecule has 0 heterocycles. The lowest BCUT2D eigenvalue weighted by Crippen LogP contribution is -2.09. The zero-order chi connectivity index (χ0) is 13.8.